The lowest BCUT2D eigenvalue weighted by Crippen LogP contribution is -2.20. The maximum atomic E-state index is 3.59. The van der Waals surface area contributed by atoms with Crippen LogP contribution in [0.4, 0.5) is 11.4 Å². The molecule has 0 saturated heterocycles. The molecule has 110 valence electrons. The van der Waals surface area contributed by atoms with Crippen LogP contribution >= 0.6 is 15.9 Å². The second kappa shape index (κ2) is 6.63. The molecule has 0 bridgehead atoms. The van der Waals surface area contributed by atoms with Crippen LogP contribution in [0.15, 0.2) is 46.9 Å². The molecule has 1 heterocycles. The summed E-state index contributed by atoms with van der Waals surface area (Å²) in [6, 6.07) is 15.4. The third-order valence-corrected chi connectivity index (χ3v) is 4.55. The number of benzene rings is 2. The van der Waals surface area contributed by atoms with Gasteiger partial charge >= 0.3 is 0 Å². The Labute approximate surface area is 135 Å². The van der Waals surface area contributed by atoms with E-state index in [2.05, 4.69) is 68.6 Å². The van der Waals surface area contributed by atoms with E-state index in [1.807, 2.05) is 7.05 Å². The molecule has 1 N–H and O–H groups in total. The second-order valence-electron chi connectivity index (χ2n) is 5.54. The molecule has 2 aromatic rings. The zero-order valence-electron chi connectivity index (χ0n) is 12.4. The van der Waals surface area contributed by atoms with E-state index in [0.717, 1.165) is 17.6 Å². The van der Waals surface area contributed by atoms with Gasteiger partial charge in [0.05, 0.1) is 0 Å². The van der Waals surface area contributed by atoms with E-state index in [4.69, 9.17) is 0 Å². The number of fused-ring (bicyclic) bond motifs is 1. The second-order valence-corrected chi connectivity index (χ2v) is 6.46. The van der Waals surface area contributed by atoms with Crippen molar-refractivity contribution >= 4 is 27.3 Å². The highest BCUT2D eigenvalue weighted by atomic mass is 79.9. The van der Waals surface area contributed by atoms with E-state index < -0.39 is 0 Å². The van der Waals surface area contributed by atoms with Gasteiger partial charge in [-0.3, -0.25) is 0 Å². The highest BCUT2D eigenvalue weighted by molar-refractivity contribution is 9.10. The molecule has 2 aromatic carbocycles. The number of para-hydroxylation sites is 1. The van der Waals surface area contributed by atoms with Gasteiger partial charge in [0.2, 0.25) is 0 Å². The van der Waals surface area contributed by atoms with Crippen LogP contribution in [-0.2, 0) is 13.0 Å². The number of rotatable bonds is 3. The summed E-state index contributed by atoms with van der Waals surface area (Å²) in [4.78, 5) is 2.49. The van der Waals surface area contributed by atoms with Crippen LogP contribution < -0.4 is 10.2 Å². The fourth-order valence-electron chi connectivity index (χ4n) is 3.09. The van der Waals surface area contributed by atoms with Gasteiger partial charge in [0, 0.05) is 28.9 Å². The molecule has 0 radical (unpaired) electrons. The highest BCUT2D eigenvalue weighted by Crippen LogP contribution is 2.35. The molecule has 0 aromatic heterocycles. The van der Waals surface area contributed by atoms with Crippen molar-refractivity contribution in [2.75, 3.05) is 18.5 Å². The first-order valence-electron chi connectivity index (χ1n) is 7.58. The van der Waals surface area contributed by atoms with Crippen molar-refractivity contribution in [3.8, 4) is 0 Å². The lowest BCUT2D eigenvalue weighted by Gasteiger charge is -2.27. The minimum atomic E-state index is 0.882. The standard InChI is InChI=1S/C18H21BrN2/c1-20-13-15-12-16(19)9-10-18(15)21-11-5-4-7-14-6-2-3-8-17(14)21/h2-3,6,8-10,12,20H,4-5,7,11,13H2,1H3. The van der Waals surface area contributed by atoms with E-state index in [1.54, 1.807) is 0 Å². The van der Waals surface area contributed by atoms with E-state index >= 15 is 0 Å². The van der Waals surface area contributed by atoms with E-state index in [1.165, 1.54) is 41.8 Å². The third kappa shape index (κ3) is 3.14. The molecule has 0 saturated carbocycles. The van der Waals surface area contributed by atoms with Gasteiger partial charge in [-0.2, -0.15) is 0 Å². The summed E-state index contributed by atoms with van der Waals surface area (Å²) in [5, 5.41) is 3.28. The van der Waals surface area contributed by atoms with Crippen LogP contribution in [0, 0.1) is 0 Å². The largest absolute Gasteiger partial charge is 0.341 e. The Hall–Kier alpha value is -1.32. The molecular weight excluding hydrogens is 324 g/mol. The van der Waals surface area contributed by atoms with Crippen molar-refractivity contribution in [3.63, 3.8) is 0 Å². The zero-order valence-corrected chi connectivity index (χ0v) is 14.0. The Bertz CT molecular complexity index is 624. The minimum Gasteiger partial charge on any atom is -0.341 e. The highest BCUT2D eigenvalue weighted by Gasteiger charge is 2.18. The molecule has 1 aliphatic heterocycles. The Morgan fingerprint density at radius 1 is 1.10 bits per heavy atom. The lowest BCUT2D eigenvalue weighted by atomic mass is 10.1. The zero-order chi connectivity index (χ0) is 14.7. The van der Waals surface area contributed by atoms with Crippen LogP contribution in [-0.4, -0.2) is 13.6 Å². The van der Waals surface area contributed by atoms with Gasteiger partial charge in [-0.1, -0.05) is 34.1 Å². The summed E-state index contributed by atoms with van der Waals surface area (Å²) in [5.74, 6) is 0. The number of nitrogens with one attached hydrogen (secondary N) is 1. The summed E-state index contributed by atoms with van der Waals surface area (Å²) in [5.41, 5.74) is 5.49. The Morgan fingerprint density at radius 3 is 2.81 bits per heavy atom. The molecule has 0 amide bonds. The first kappa shape index (κ1) is 14.6. The Kier molecular flexibility index (Phi) is 4.61. The van der Waals surface area contributed by atoms with Crippen molar-refractivity contribution in [2.45, 2.75) is 25.8 Å². The minimum absolute atomic E-state index is 0.882. The van der Waals surface area contributed by atoms with Gasteiger partial charge in [0.1, 0.15) is 0 Å². The Balaban J connectivity index is 2.07. The number of anilines is 2. The summed E-state index contributed by atoms with van der Waals surface area (Å²) < 4.78 is 1.14. The van der Waals surface area contributed by atoms with Crippen LogP contribution in [0.25, 0.3) is 0 Å². The van der Waals surface area contributed by atoms with Crippen molar-refractivity contribution in [1.29, 1.82) is 0 Å². The monoisotopic (exact) mass is 344 g/mol. The maximum absolute atomic E-state index is 3.59. The number of aryl methyl sites for hydroxylation is 1. The molecule has 2 nitrogen and oxygen atoms in total. The topological polar surface area (TPSA) is 15.3 Å². The van der Waals surface area contributed by atoms with Crippen LogP contribution in [0.1, 0.15) is 24.0 Å². The fourth-order valence-corrected chi connectivity index (χ4v) is 3.50. The molecule has 0 unspecified atom stereocenters. The molecule has 0 aliphatic carbocycles. The molecule has 0 spiro atoms. The molecule has 0 atom stereocenters. The van der Waals surface area contributed by atoms with Crippen molar-refractivity contribution in [3.05, 3.63) is 58.1 Å². The molecule has 1 aliphatic rings. The average Bonchev–Trinajstić information content (AvgIpc) is 2.70. The van der Waals surface area contributed by atoms with E-state index in [9.17, 15) is 0 Å². The van der Waals surface area contributed by atoms with Gasteiger partial charge < -0.3 is 10.2 Å². The molecule has 21 heavy (non-hydrogen) atoms. The van der Waals surface area contributed by atoms with Crippen molar-refractivity contribution < 1.29 is 0 Å². The fraction of sp³-hybridized carbons (Fsp3) is 0.333. The summed E-state index contributed by atoms with van der Waals surface area (Å²) in [6.45, 7) is 1.98. The van der Waals surface area contributed by atoms with Crippen LogP contribution in [0.2, 0.25) is 0 Å². The van der Waals surface area contributed by atoms with Crippen LogP contribution in [0.3, 0.4) is 0 Å². The summed E-state index contributed by atoms with van der Waals surface area (Å²) in [7, 11) is 2.00. The number of nitrogens with zero attached hydrogens (tertiary/aromatic N) is 1. The predicted molar refractivity (Wildman–Crippen MR) is 93.3 cm³/mol. The number of hydrogen-bond acceptors (Lipinski definition) is 2. The first-order valence-corrected chi connectivity index (χ1v) is 8.37. The Morgan fingerprint density at radius 2 is 1.95 bits per heavy atom. The van der Waals surface area contributed by atoms with E-state index in [-0.39, 0.29) is 0 Å². The van der Waals surface area contributed by atoms with Crippen molar-refractivity contribution in [1.82, 2.24) is 5.32 Å². The molecule has 0 fully saturated rings. The van der Waals surface area contributed by atoms with Gasteiger partial charge in [-0.15, -0.1) is 0 Å². The predicted octanol–water partition coefficient (Wildman–Crippen LogP) is 4.64. The normalized spacial score (nSPS) is 14.7. The van der Waals surface area contributed by atoms with Gasteiger partial charge in [0.25, 0.3) is 0 Å². The summed E-state index contributed by atoms with van der Waals surface area (Å²) in [6.07, 6.45) is 3.69. The number of halogens is 1. The number of hydrogen-bond donors (Lipinski definition) is 1. The quantitative estimate of drug-likeness (QED) is 0.872. The lowest BCUT2D eigenvalue weighted by molar-refractivity contribution is 0.755. The molecule has 3 rings (SSSR count). The first-order chi connectivity index (χ1) is 10.3. The summed E-state index contributed by atoms with van der Waals surface area (Å²) >= 11 is 3.59. The maximum Gasteiger partial charge on any atom is 0.0457 e. The average molecular weight is 345 g/mol. The van der Waals surface area contributed by atoms with Crippen LogP contribution in [0.5, 0.6) is 0 Å². The molecular formula is C18H21BrN2. The van der Waals surface area contributed by atoms with E-state index in [0.29, 0.717) is 0 Å². The third-order valence-electron chi connectivity index (χ3n) is 4.06. The smallest absolute Gasteiger partial charge is 0.0457 e. The van der Waals surface area contributed by atoms with Gasteiger partial charge in [0.15, 0.2) is 0 Å². The van der Waals surface area contributed by atoms with Gasteiger partial charge in [-0.05, 0) is 61.7 Å². The van der Waals surface area contributed by atoms with Crippen molar-refractivity contribution in [2.24, 2.45) is 0 Å². The van der Waals surface area contributed by atoms with Gasteiger partial charge in [-0.25, -0.2) is 0 Å². The SMILES string of the molecule is CNCc1cc(Br)ccc1N1CCCCc2ccccc21. The molecule has 3 heteroatoms.